The molecule has 1 N–H and O–H groups in total. The van der Waals surface area contributed by atoms with E-state index in [9.17, 15) is 0 Å². The highest BCUT2D eigenvalue weighted by Crippen LogP contribution is 2.30. The molecular weight excluding hydrogens is 272 g/mol. The molecule has 0 bridgehead atoms. The molecule has 4 aromatic rings. The Kier molecular flexibility index (Phi) is 2.44. The second-order valence-corrected chi connectivity index (χ2v) is 4.98. The van der Waals surface area contributed by atoms with Crippen molar-refractivity contribution in [1.82, 2.24) is 19.9 Å². The summed E-state index contributed by atoms with van der Waals surface area (Å²) in [7, 11) is 0. The average molecular weight is 281 g/mol. The Morgan fingerprint density at radius 3 is 2.95 bits per heavy atom. The zero-order chi connectivity index (χ0) is 13.5. The minimum atomic E-state index is 0.627. The Hall–Kier alpha value is -2.46. The van der Waals surface area contributed by atoms with Gasteiger partial charge >= 0.3 is 0 Å². The van der Waals surface area contributed by atoms with Gasteiger partial charge in [-0.2, -0.15) is 0 Å². The van der Waals surface area contributed by atoms with Crippen molar-refractivity contribution in [3.8, 4) is 11.1 Å². The van der Waals surface area contributed by atoms with Crippen LogP contribution in [0.3, 0.4) is 0 Å². The van der Waals surface area contributed by atoms with Crippen LogP contribution in [0.2, 0.25) is 5.02 Å². The molecule has 96 valence electrons. The first-order chi connectivity index (χ1) is 9.81. The number of aromatic amines is 1. The maximum Gasteiger partial charge on any atom is 0.137 e. The molecule has 0 atom stereocenters. The number of hydrogen-bond acceptors (Lipinski definition) is 3. The highest BCUT2D eigenvalue weighted by Gasteiger charge is 2.08. The highest BCUT2D eigenvalue weighted by atomic mass is 35.5. The van der Waals surface area contributed by atoms with Crippen LogP contribution in [0.25, 0.3) is 33.1 Å². The zero-order valence-electron chi connectivity index (χ0n) is 10.3. The highest BCUT2D eigenvalue weighted by molar-refractivity contribution is 6.31. The van der Waals surface area contributed by atoms with Crippen molar-refractivity contribution in [3.63, 3.8) is 0 Å². The van der Waals surface area contributed by atoms with Crippen LogP contribution in [0.1, 0.15) is 0 Å². The Balaban J connectivity index is 1.98. The fraction of sp³-hybridized carbons (Fsp3) is 0. The van der Waals surface area contributed by atoms with Gasteiger partial charge in [-0.3, -0.25) is 0 Å². The molecule has 3 aromatic heterocycles. The zero-order valence-corrected chi connectivity index (χ0v) is 11.1. The van der Waals surface area contributed by atoms with Crippen LogP contribution >= 0.6 is 11.6 Å². The summed E-state index contributed by atoms with van der Waals surface area (Å²) in [5.74, 6) is 0. The SMILES string of the molecule is Clc1cnc2[nH]cc(-c3ccc4ncncc4c3)c2c1. The lowest BCUT2D eigenvalue weighted by Crippen LogP contribution is -1.82. The first kappa shape index (κ1) is 11.4. The number of hydrogen-bond donors (Lipinski definition) is 1. The fourth-order valence-corrected chi connectivity index (χ4v) is 2.53. The number of benzene rings is 1. The van der Waals surface area contributed by atoms with Gasteiger partial charge in [-0.05, 0) is 23.8 Å². The molecule has 3 heterocycles. The number of H-pyrrole nitrogens is 1. The molecule has 0 amide bonds. The third-order valence-electron chi connectivity index (χ3n) is 3.31. The molecule has 0 spiro atoms. The summed E-state index contributed by atoms with van der Waals surface area (Å²) in [6.45, 7) is 0. The summed E-state index contributed by atoms with van der Waals surface area (Å²) >= 11 is 6.03. The van der Waals surface area contributed by atoms with Gasteiger partial charge in [0.15, 0.2) is 0 Å². The Bertz CT molecular complexity index is 929. The number of halogens is 1. The quantitative estimate of drug-likeness (QED) is 0.576. The Morgan fingerprint density at radius 2 is 2.00 bits per heavy atom. The molecule has 4 rings (SSSR count). The second kappa shape index (κ2) is 4.28. The number of nitrogens with zero attached hydrogens (tertiary/aromatic N) is 3. The maximum absolute atomic E-state index is 6.03. The van der Waals surface area contributed by atoms with E-state index in [-0.39, 0.29) is 0 Å². The van der Waals surface area contributed by atoms with Gasteiger partial charge in [0, 0.05) is 34.9 Å². The molecule has 20 heavy (non-hydrogen) atoms. The monoisotopic (exact) mass is 280 g/mol. The van der Waals surface area contributed by atoms with Crippen LogP contribution in [0.5, 0.6) is 0 Å². The number of nitrogens with one attached hydrogen (secondary N) is 1. The number of aromatic nitrogens is 4. The topological polar surface area (TPSA) is 54.5 Å². The fourth-order valence-electron chi connectivity index (χ4n) is 2.37. The normalized spacial score (nSPS) is 11.2. The smallest absolute Gasteiger partial charge is 0.137 e. The first-order valence-corrected chi connectivity index (χ1v) is 6.52. The lowest BCUT2D eigenvalue weighted by molar-refractivity contribution is 1.22. The second-order valence-electron chi connectivity index (χ2n) is 4.55. The molecule has 0 radical (unpaired) electrons. The molecular formula is C15H9ClN4. The number of fused-ring (bicyclic) bond motifs is 2. The van der Waals surface area contributed by atoms with Crippen molar-refractivity contribution in [3.05, 3.63) is 54.2 Å². The van der Waals surface area contributed by atoms with Gasteiger partial charge in [0.2, 0.25) is 0 Å². The van der Waals surface area contributed by atoms with Crippen LogP contribution in [0, 0.1) is 0 Å². The lowest BCUT2D eigenvalue weighted by atomic mass is 10.0. The van der Waals surface area contributed by atoms with Crippen LogP contribution in [0.15, 0.2) is 49.2 Å². The van der Waals surface area contributed by atoms with Gasteiger partial charge in [0.25, 0.3) is 0 Å². The van der Waals surface area contributed by atoms with E-state index in [0.717, 1.165) is 33.1 Å². The van der Waals surface area contributed by atoms with E-state index in [1.807, 2.05) is 30.6 Å². The summed E-state index contributed by atoms with van der Waals surface area (Å²) in [6.07, 6.45) is 6.95. The molecule has 5 heteroatoms. The molecule has 1 aromatic carbocycles. The van der Waals surface area contributed by atoms with Crippen LogP contribution < -0.4 is 0 Å². The third-order valence-corrected chi connectivity index (χ3v) is 3.52. The van der Waals surface area contributed by atoms with E-state index in [1.54, 1.807) is 12.5 Å². The van der Waals surface area contributed by atoms with Crippen molar-refractivity contribution in [2.75, 3.05) is 0 Å². The molecule has 0 saturated heterocycles. The summed E-state index contributed by atoms with van der Waals surface area (Å²) in [4.78, 5) is 15.7. The Labute approximate surface area is 119 Å². The van der Waals surface area contributed by atoms with Gasteiger partial charge in [0.05, 0.1) is 10.5 Å². The predicted molar refractivity (Wildman–Crippen MR) is 79.6 cm³/mol. The molecule has 0 aliphatic carbocycles. The lowest BCUT2D eigenvalue weighted by Gasteiger charge is -2.02. The number of pyridine rings is 1. The maximum atomic E-state index is 6.03. The van der Waals surface area contributed by atoms with Crippen molar-refractivity contribution >= 4 is 33.5 Å². The Morgan fingerprint density at radius 1 is 1.05 bits per heavy atom. The molecule has 0 saturated carbocycles. The molecule has 0 aliphatic rings. The van der Waals surface area contributed by atoms with Crippen molar-refractivity contribution in [2.45, 2.75) is 0 Å². The van der Waals surface area contributed by atoms with Gasteiger partial charge in [-0.15, -0.1) is 0 Å². The van der Waals surface area contributed by atoms with Crippen molar-refractivity contribution < 1.29 is 0 Å². The van der Waals surface area contributed by atoms with E-state index in [0.29, 0.717) is 5.02 Å². The van der Waals surface area contributed by atoms with Crippen molar-refractivity contribution in [1.29, 1.82) is 0 Å². The minimum absolute atomic E-state index is 0.627. The van der Waals surface area contributed by atoms with Crippen LogP contribution in [0.4, 0.5) is 0 Å². The first-order valence-electron chi connectivity index (χ1n) is 6.14. The molecule has 0 aliphatic heterocycles. The van der Waals surface area contributed by atoms with E-state index in [1.165, 1.54) is 0 Å². The standard InChI is InChI=1S/C15H9ClN4/c16-11-4-12-13(7-19-15(12)18-6-11)9-1-2-14-10(3-9)5-17-8-20-14/h1-8H,(H,18,19). The summed E-state index contributed by atoms with van der Waals surface area (Å²) in [5, 5.41) is 2.64. The van der Waals surface area contributed by atoms with E-state index in [4.69, 9.17) is 11.6 Å². The number of rotatable bonds is 1. The van der Waals surface area contributed by atoms with Crippen LogP contribution in [-0.4, -0.2) is 19.9 Å². The third kappa shape index (κ3) is 1.73. The summed E-state index contributed by atoms with van der Waals surface area (Å²) < 4.78 is 0. The van der Waals surface area contributed by atoms with Gasteiger partial charge in [-0.1, -0.05) is 17.7 Å². The summed E-state index contributed by atoms with van der Waals surface area (Å²) in [5.41, 5.74) is 3.91. The van der Waals surface area contributed by atoms with E-state index in [2.05, 4.69) is 26.0 Å². The van der Waals surface area contributed by atoms with Crippen molar-refractivity contribution in [2.24, 2.45) is 0 Å². The predicted octanol–water partition coefficient (Wildman–Crippen LogP) is 3.83. The van der Waals surface area contributed by atoms with Gasteiger partial charge in [-0.25, -0.2) is 15.0 Å². The summed E-state index contributed by atoms with van der Waals surface area (Å²) in [6, 6.07) is 8.02. The molecule has 4 nitrogen and oxygen atoms in total. The average Bonchev–Trinajstić information content (AvgIpc) is 2.89. The van der Waals surface area contributed by atoms with Gasteiger partial charge in [0.1, 0.15) is 12.0 Å². The van der Waals surface area contributed by atoms with Crippen LogP contribution in [-0.2, 0) is 0 Å². The largest absolute Gasteiger partial charge is 0.346 e. The minimum Gasteiger partial charge on any atom is -0.346 e. The molecule has 0 unspecified atom stereocenters. The molecule has 0 fully saturated rings. The van der Waals surface area contributed by atoms with Gasteiger partial charge < -0.3 is 4.98 Å². The van der Waals surface area contributed by atoms with E-state index < -0.39 is 0 Å². The van der Waals surface area contributed by atoms with E-state index >= 15 is 0 Å².